The fourth-order valence-corrected chi connectivity index (χ4v) is 4.29. The molecule has 0 aliphatic carbocycles. The van der Waals surface area contributed by atoms with Gasteiger partial charge in [-0.1, -0.05) is 24.3 Å². The number of benzene rings is 2. The van der Waals surface area contributed by atoms with Crippen molar-refractivity contribution in [1.29, 1.82) is 0 Å². The monoisotopic (exact) mass is 408 g/mol. The van der Waals surface area contributed by atoms with Crippen molar-refractivity contribution >= 4 is 46.0 Å². The zero-order valence-electron chi connectivity index (χ0n) is 14.8. The number of anilines is 1. The predicted molar refractivity (Wildman–Crippen MR) is 112 cm³/mol. The molecule has 0 spiro atoms. The minimum Gasteiger partial charge on any atom is -0.484 e. The van der Waals surface area contributed by atoms with Gasteiger partial charge < -0.3 is 4.74 Å². The Kier molecular flexibility index (Phi) is 5.55. The van der Waals surface area contributed by atoms with Gasteiger partial charge in [0.05, 0.1) is 0 Å². The summed E-state index contributed by atoms with van der Waals surface area (Å²) in [5, 5.41) is 5.00. The maximum absolute atomic E-state index is 12.6. The summed E-state index contributed by atoms with van der Waals surface area (Å²) < 4.78 is 5.50. The van der Waals surface area contributed by atoms with Crippen molar-refractivity contribution < 1.29 is 14.3 Å². The lowest BCUT2D eigenvalue weighted by molar-refractivity contribution is -0.118. The van der Waals surface area contributed by atoms with Crippen LogP contribution in [0.25, 0.3) is 6.08 Å². The first-order valence-corrected chi connectivity index (χ1v) is 10.4. The average Bonchev–Trinajstić information content (AvgIpc) is 3.23. The lowest BCUT2D eigenvalue weighted by Gasteiger charge is -2.16. The van der Waals surface area contributed by atoms with E-state index in [0.717, 1.165) is 21.6 Å². The number of thioether (sulfide) groups is 1. The van der Waals surface area contributed by atoms with Gasteiger partial charge in [0, 0.05) is 33.4 Å². The zero-order valence-corrected chi connectivity index (χ0v) is 16.4. The van der Waals surface area contributed by atoms with Crippen LogP contribution in [-0.2, 0) is 4.79 Å². The summed E-state index contributed by atoms with van der Waals surface area (Å²) in [5.74, 6) is 1.06. The van der Waals surface area contributed by atoms with Gasteiger partial charge in [0.15, 0.2) is 17.5 Å². The van der Waals surface area contributed by atoms with Crippen LogP contribution in [0.1, 0.15) is 15.9 Å². The molecule has 2 heterocycles. The number of carbonyl (C=O) groups is 2. The van der Waals surface area contributed by atoms with Crippen molar-refractivity contribution in [3.8, 4) is 5.75 Å². The molecule has 1 N–H and O–H groups in total. The van der Waals surface area contributed by atoms with Crippen LogP contribution < -0.4 is 10.1 Å². The van der Waals surface area contributed by atoms with Crippen LogP contribution in [0.3, 0.4) is 0 Å². The Hall–Kier alpha value is -2.90. The van der Waals surface area contributed by atoms with Gasteiger partial charge >= 0.3 is 0 Å². The van der Waals surface area contributed by atoms with Crippen LogP contribution in [0.15, 0.2) is 70.6 Å². The number of Topliss-reactive ketones (excluding diaryl/α,β-unsaturated/α-hetero) is 1. The highest BCUT2D eigenvalue weighted by atomic mass is 32.2. The first kappa shape index (κ1) is 18.5. The second-order valence-corrected chi connectivity index (χ2v) is 7.94. The number of aromatic nitrogens is 1. The van der Waals surface area contributed by atoms with E-state index < -0.39 is 0 Å². The van der Waals surface area contributed by atoms with Gasteiger partial charge in [-0.2, -0.15) is 0 Å². The number of ether oxygens (including phenoxy) is 1. The van der Waals surface area contributed by atoms with E-state index in [1.54, 1.807) is 35.5 Å². The summed E-state index contributed by atoms with van der Waals surface area (Å²) in [4.78, 5) is 29.5. The minimum absolute atomic E-state index is 0.0773. The van der Waals surface area contributed by atoms with Gasteiger partial charge in [0.2, 0.25) is 0 Å². The van der Waals surface area contributed by atoms with Gasteiger partial charge in [0.25, 0.3) is 5.91 Å². The molecule has 7 heteroatoms. The minimum atomic E-state index is -0.260. The molecule has 1 amide bonds. The Morgan fingerprint density at radius 3 is 2.79 bits per heavy atom. The summed E-state index contributed by atoms with van der Waals surface area (Å²) in [6, 6.07) is 15.0. The van der Waals surface area contributed by atoms with E-state index in [2.05, 4.69) is 10.3 Å². The van der Waals surface area contributed by atoms with E-state index in [0.29, 0.717) is 16.6 Å². The molecule has 0 fully saturated rings. The largest absolute Gasteiger partial charge is 0.484 e. The van der Waals surface area contributed by atoms with Crippen molar-refractivity contribution in [1.82, 2.24) is 4.98 Å². The lowest BCUT2D eigenvalue weighted by Crippen LogP contribution is -2.19. The quantitative estimate of drug-likeness (QED) is 0.628. The predicted octanol–water partition coefficient (Wildman–Crippen LogP) is 4.53. The van der Waals surface area contributed by atoms with Crippen LogP contribution in [-0.4, -0.2) is 29.0 Å². The van der Waals surface area contributed by atoms with E-state index in [-0.39, 0.29) is 18.3 Å². The third-order valence-electron chi connectivity index (χ3n) is 4.08. The molecular formula is C21H16N2O3S2. The fraction of sp³-hybridized carbons (Fsp3) is 0.0952. The number of thiazole rings is 1. The van der Waals surface area contributed by atoms with E-state index >= 15 is 0 Å². The summed E-state index contributed by atoms with van der Waals surface area (Å²) in [6.07, 6.45) is 3.53. The molecule has 0 radical (unpaired) electrons. The number of hydrogen-bond donors (Lipinski definition) is 1. The molecule has 5 nitrogen and oxygen atoms in total. The molecule has 0 bridgehead atoms. The van der Waals surface area contributed by atoms with Crippen molar-refractivity contribution in [2.45, 2.75) is 4.90 Å². The molecule has 1 aliphatic heterocycles. The Morgan fingerprint density at radius 2 is 2.00 bits per heavy atom. The van der Waals surface area contributed by atoms with E-state index in [9.17, 15) is 9.59 Å². The summed E-state index contributed by atoms with van der Waals surface area (Å²) in [7, 11) is 0. The first-order valence-electron chi connectivity index (χ1n) is 8.58. The first-order chi connectivity index (χ1) is 13.7. The molecule has 0 atom stereocenters. The van der Waals surface area contributed by atoms with E-state index in [4.69, 9.17) is 4.74 Å². The Morgan fingerprint density at radius 1 is 1.18 bits per heavy atom. The van der Waals surface area contributed by atoms with Crippen molar-refractivity contribution in [2.75, 3.05) is 17.7 Å². The molecule has 3 aromatic rings. The van der Waals surface area contributed by atoms with Crippen molar-refractivity contribution in [3.63, 3.8) is 0 Å². The lowest BCUT2D eigenvalue weighted by atomic mass is 10.0. The van der Waals surface area contributed by atoms with Gasteiger partial charge in [-0.25, -0.2) is 4.98 Å². The van der Waals surface area contributed by atoms with Gasteiger partial charge in [-0.3, -0.25) is 14.9 Å². The van der Waals surface area contributed by atoms with Crippen LogP contribution in [0, 0.1) is 0 Å². The number of hydrogen-bond acceptors (Lipinski definition) is 6. The van der Waals surface area contributed by atoms with Crippen LogP contribution >= 0.6 is 23.1 Å². The summed E-state index contributed by atoms with van der Waals surface area (Å²) in [6.45, 7) is -0.0913. The molecule has 28 heavy (non-hydrogen) atoms. The number of nitrogens with one attached hydrogen (secondary N) is 1. The van der Waals surface area contributed by atoms with Gasteiger partial charge in [-0.05, 0) is 35.9 Å². The van der Waals surface area contributed by atoms with Crippen LogP contribution in [0.4, 0.5) is 5.13 Å². The standard InChI is InChI=1S/C21H16N2O3S2/c24-19(23-21-22-9-10-27-21)12-26-16-7-5-14(6-8-16)11-15-13-28-18-4-2-1-3-17(18)20(15)25/h1-11H,12-13H2,(H,22,23,24)/b15-11+. The average molecular weight is 409 g/mol. The van der Waals surface area contributed by atoms with Gasteiger partial charge in [-0.15, -0.1) is 23.1 Å². The van der Waals surface area contributed by atoms with Crippen LogP contribution in [0.5, 0.6) is 5.75 Å². The maximum atomic E-state index is 12.6. The molecule has 2 aromatic carbocycles. The SMILES string of the molecule is O=C(COc1ccc(/C=C2\CSc3ccccc3C2=O)cc1)Nc1nccs1. The number of fused-ring (bicyclic) bond motifs is 1. The molecule has 140 valence electrons. The van der Waals surface area contributed by atoms with E-state index in [1.165, 1.54) is 11.3 Å². The summed E-state index contributed by atoms with van der Waals surface area (Å²) >= 11 is 3.03. The van der Waals surface area contributed by atoms with Crippen molar-refractivity contribution in [2.24, 2.45) is 0 Å². The molecule has 4 rings (SSSR count). The maximum Gasteiger partial charge on any atom is 0.264 e. The Balaban J connectivity index is 1.38. The second kappa shape index (κ2) is 8.41. The molecular weight excluding hydrogens is 392 g/mol. The number of nitrogens with zero attached hydrogens (tertiary/aromatic N) is 1. The third kappa shape index (κ3) is 4.32. The smallest absolute Gasteiger partial charge is 0.264 e. The van der Waals surface area contributed by atoms with Gasteiger partial charge in [0.1, 0.15) is 5.75 Å². The normalized spacial score (nSPS) is 14.6. The second-order valence-electron chi connectivity index (χ2n) is 6.03. The molecule has 1 aliphatic rings. The highest BCUT2D eigenvalue weighted by Crippen LogP contribution is 2.33. The highest BCUT2D eigenvalue weighted by Gasteiger charge is 2.21. The fourth-order valence-electron chi connectivity index (χ4n) is 2.73. The van der Waals surface area contributed by atoms with Crippen molar-refractivity contribution in [3.05, 3.63) is 76.8 Å². The number of ketones is 1. The Bertz CT molecular complexity index is 1030. The van der Waals surface area contributed by atoms with Crippen LogP contribution in [0.2, 0.25) is 0 Å². The van der Waals surface area contributed by atoms with E-state index in [1.807, 2.05) is 42.5 Å². The number of amides is 1. The Labute approximate surface area is 170 Å². The number of rotatable bonds is 5. The number of carbonyl (C=O) groups excluding carboxylic acids is 2. The topological polar surface area (TPSA) is 68.3 Å². The molecule has 0 saturated heterocycles. The molecule has 1 aromatic heterocycles. The molecule has 0 unspecified atom stereocenters. The zero-order chi connectivity index (χ0) is 19.3. The summed E-state index contributed by atoms with van der Waals surface area (Å²) in [5.41, 5.74) is 2.46. The third-order valence-corrected chi connectivity index (χ3v) is 5.89. The highest BCUT2D eigenvalue weighted by molar-refractivity contribution is 7.99. The molecule has 0 saturated carbocycles.